The summed E-state index contributed by atoms with van der Waals surface area (Å²) < 4.78 is 22.8. The lowest BCUT2D eigenvalue weighted by Crippen LogP contribution is -2.48. The third-order valence-electron chi connectivity index (χ3n) is 8.00. The number of hydrogen-bond donors (Lipinski definition) is 1. The quantitative estimate of drug-likeness (QED) is 0.469. The minimum absolute atomic E-state index is 0.0443. The number of imidazole rings is 1. The molecule has 1 N–H and O–H groups in total. The summed E-state index contributed by atoms with van der Waals surface area (Å²) in [5, 5.41) is 9.17. The number of amides is 2. The maximum atomic E-state index is 15.5. The number of halogens is 1. The SMILES string of the molecule is CCOC(=O)C(c1ncn2c1CCC2)N1Cc2c(F)cc(-c3ccc(N4CCN(C(=O)O)CC4)cc3)cc2C1=O. The maximum Gasteiger partial charge on any atom is 0.407 e. The fraction of sp³-hybridized carbons (Fsp3) is 0.379. The van der Waals surface area contributed by atoms with Gasteiger partial charge >= 0.3 is 12.1 Å². The van der Waals surface area contributed by atoms with E-state index in [2.05, 4.69) is 9.88 Å². The van der Waals surface area contributed by atoms with Crippen LogP contribution in [0.1, 0.15) is 46.7 Å². The first-order valence-corrected chi connectivity index (χ1v) is 13.5. The smallest absolute Gasteiger partial charge is 0.407 e. The number of carboxylic acid groups (broad SMARTS) is 1. The topological polar surface area (TPSA) is 108 Å². The van der Waals surface area contributed by atoms with Crippen LogP contribution in [0.15, 0.2) is 42.7 Å². The Bertz CT molecular complexity index is 1480. The number of hydrogen-bond acceptors (Lipinski definition) is 6. The van der Waals surface area contributed by atoms with Crippen molar-refractivity contribution in [1.82, 2.24) is 19.4 Å². The number of rotatable bonds is 6. The van der Waals surface area contributed by atoms with Crippen molar-refractivity contribution in [3.05, 3.63) is 71.1 Å². The number of carbonyl (C=O) groups excluding carboxylic acids is 2. The minimum atomic E-state index is -1.04. The Balaban J connectivity index is 1.26. The zero-order chi connectivity index (χ0) is 28.0. The molecule has 0 saturated carbocycles. The van der Waals surface area contributed by atoms with E-state index in [-0.39, 0.29) is 24.3 Å². The number of ether oxygens (including phenoxy) is 1. The first-order chi connectivity index (χ1) is 19.4. The van der Waals surface area contributed by atoms with E-state index in [1.165, 1.54) is 15.9 Å². The Hall–Kier alpha value is -4.41. The molecule has 0 radical (unpaired) electrons. The van der Waals surface area contributed by atoms with E-state index in [9.17, 15) is 19.5 Å². The molecular formula is C29H30FN5O5. The maximum absolute atomic E-state index is 15.5. The summed E-state index contributed by atoms with van der Waals surface area (Å²) in [6.45, 7) is 4.67. The molecule has 208 valence electrons. The Morgan fingerprint density at radius 1 is 1.07 bits per heavy atom. The van der Waals surface area contributed by atoms with Gasteiger partial charge in [0.2, 0.25) is 0 Å². The molecule has 4 heterocycles. The Morgan fingerprint density at radius 2 is 1.82 bits per heavy atom. The molecular weight excluding hydrogens is 517 g/mol. The van der Waals surface area contributed by atoms with Crippen LogP contribution in [0.2, 0.25) is 0 Å². The Kier molecular flexibility index (Phi) is 6.65. The largest absolute Gasteiger partial charge is 0.465 e. The zero-order valence-electron chi connectivity index (χ0n) is 22.2. The van der Waals surface area contributed by atoms with Crippen molar-refractivity contribution >= 4 is 23.7 Å². The highest BCUT2D eigenvalue weighted by Gasteiger charge is 2.42. The highest BCUT2D eigenvalue weighted by Crippen LogP contribution is 2.38. The van der Waals surface area contributed by atoms with Crippen molar-refractivity contribution in [3.63, 3.8) is 0 Å². The molecule has 2 amide bonds. The van der Waals surface area contributed by atoms with Gasteiger partial charge in [-0.3, -0.25) is 4.79 Å². The summed E-state index contributed by atoms with van der Waals surface area (Å²) >= 11 is 0. The van der Waals surface area contributed by atoms with Gasteiger partial charge in [-0.05, 0) is 55.2 Å². The Morgan fingerprint density at radius 3 is 2.52 bits per heavy atom. The third kappa shape index (κ3) is 4.44. The van der Waals surface area contributed by atoms with Gasteiger partial charge in [0.15, 0.2) is 6.04 Å². The monoisotopic (exact) mass is 547 g/mol. The molecule has 3 aliphatic heterocycles. The minimum Gasteiger partial charge on any atom is -0.465 e. The number of piperazine rings is 1. The van der Waals surface area contributed by atoms with Gasteiger partial charge in [-0.25, -0.2) is 19.0 Å². The molecule has 1 unspecified atom stereocenters. The number of aromatic nitrogens is 2. The number of fused-ring (bicyclic) bond motifs is 2. The molecule has 11 heteroatoms. The van der Waals surface area contributed by atoms with Crippen LogP contribution in [0.4, 0.5) is 14.9 Å². The predicted molar refractivity (Wildman–Crippen MR) is 143 cm³/mol. The van der Waals surface area contributed by atoms with Crippen LogP contribution in [-0.2, 0) is 29.0 Å². The average molecular weight is 548 g/mol. The van der Waals surface area contributed by atoms with Gasteiger partial charge in [-0.15, -0.1) is 0 Å². The fourth-order valence-corrected chi connectivity index (χ4v) is 5.92. The van der Waals surface area contributed by atoms with Gasteiger partial charge < -0.3 is 29.1 Å². The summed E-state index contributed by atoms with van der Waals surface area (Å²) in [5.74, 6) is -1.51. The van der Waals surface area contributed by atoms with E-state index < -0.39 is 29.8 Å². The van der Waals surface area contributed by atoms with E-state index >= 15 is 4.39 Å². The van der Waals surface area contributed by atoms with Crippen molar-refractivity contribution in [2.45, 2.75) is 38.9 Å². The summed E-state index contributed by atoms with van der Waals surface area (Å²) in [7, 11) is 0. The van der Waals surface area contributed by atoms with Gasteiger partial charge in [-0.2, -0.15) is 0 Å². The summed E-state index contributed by atoms with van der Waals surface area (Å²) in [6.07, 6.45) is 2.46. The van der Waals surface area contributed by atoms with Gasteiger partial charge in [0.1, 0.15) is 5.82 Å². The number of anilines is 1. The number of esters is 1. The molecule has 1 saturated heterocycles. The molecule has 40 heavy (non-hydrogen) atoms. The van der Waals surface area contributed by atoms with Crippen LogP contribution in [0.3, 0.4) is 0 Å². The predicted octanol–water partition coefficient (Wildman–Crippen LogP) is 3.70. The molecule has 1 aromatic heterocycles. The molecule has 1 fully saturated rings. The molecule has 2 aromatic carbocycles. The molecule has 1 atom stereocenters. The summed E-state index contributed by atoms with van der Waals surface area (Å²) in [5.41, 5.74) is 4.15. The molecule has 0 aliphatic carbocycles. The number of carbonyl (C=O) groups is 3. The summed E-state index contributed by atoms with van der Waals surface area (Å²) in [4.78, 5) is 47.3. The zero-order valence-corrected chi connectivity index (χ0v) is 22.2. The number of aryl methyl sites for hydroxylation is 1. The average Bonchev–Trinajstić information content (AvgIpc) is 3.66. The van der Waals surface area contributed by atoms with Crippen LogP contribution in [0.5, 0.6) is 0 Å². The molecule has 0 bridgehead atoms. The van der Waals surface area contributed by atoms with E-state index in [0.717, 1.165) is 36.3 Å². The summed E-state index contributed by atoms with van der Waals surface area (Å²) in [6, 6.07) is 9.63. The molecule has 3 aromatic rings. The van der Waals surface area contributed by atoms with Crippen LogP contribution < -0.4 is 4.90 Å². The second-order valence-electron chi connectivity index (χ2n) is 10.2. The fourth-order valence-electron chi connectivity index (χ4n) is 5.92. The van der Waals surface area contributed by atoms with Crippen LogP contribution >= 0.6 is 0 Å². The van der Waals surface area contributed by atoms with Gasteiger partial charge in [-0.1, -0.05) is 12.1 Å². The van der Waals surface area contributed by atoms with E-state index in [4.69, 9.17) is 4.74 Å². The molecule has 3 aliphatic rings. The van der Waals surface area contributed by atoms with E-state index in [0.29, 0.717) is 37.4 Å². The number of nitrogens with zero attached hydrogens (tertiary/aromatic N) is 5. The van der Waals surface area contributed by atoms with Crippen molar-refractivity contribution in [1.29, 1.82) is 0 Å². The van der Waals surface area contributed by atoms with Gasteiger partial charge in [0, 0.05) is 55.2 Å². The first kappa shape index (κ1) is 25.8. The molecule has 10 nitrogen and oxygen atoms in total. The van der Waals surface area contributed by atoms with Crippen LogP contribution in [-0.4, -0.2) is 75.2 Å². The molecule has 6 rings (SSSR count). The van der Waals surface area contributed by atoms with Crippen LogP contribution in [0, 0.1) is 5.82 Å². The second-order valence-corrected chi connectivity index (χ2v) is 10.2. The molecule has 0 spiro atoms. The lowest BCUT2D eigenvalue weighted by molar-refractivity contribution is -0.149. The van der Waals surface area contributed by atoms with Crippen molar-refractivity contribution in [3.8, 4) is 11.1 Å². The number of benzene rings is 2. The van der Waals surface area contributed by atoms with E-state index in [1.54, 1.807) is 19.3 Å². The van der Waals surface area contributed by atoms with Gasteiger partial charge in [0.25, 0.3) is 5.91 Å². The third-order valence-corrected chi connectivity index (χ3v) is 8.00. The Labute approximate surface area is 230 Å². The van der Waals surface area contributed by atoms with Crippen molar-refractivity contribution < 1.29 is 28.6 Å². The lowest BCUT2D eigenvalue weighted by Gasteiger charge is -2.34. The van der Waals surface area contributed by atoms with E-state index in [1.807, 2.05) is 28.8 Å². The van der Waals surface area contributed by atoms with Crippen molar-refractivity contribution in [2.75, 3.05) is 37.7 Å². The van der Waals surface area contributed by atoms with Gasteiger partial charge in [0.05, 0.1) is 25.2 Å². The second kappa shape index (κ2) is 10.3. The van der Waals surface area contributed by atoms with Crippen molar-refractivity contribution in [2.24, 2.45) is 0 Å². The lowest BCUT2D eigenvalue weighted by atomic mass is 9.99. The normalized spacial score (nSPS) is 17.1. The highest BCUT2D eigenvalue weighted by molar-refractivity contribution is 6.02. The first-order valence-electron chi connectivity index (χ1n) is 13.5. The highest BCUT2D eigenvalue weighted by atomic mass is 19.1. The van der Waals surface area contributed by atoms with Crippen LogP contribution in [0.25, 0.3) is 11.1 Å². The standard InChI is InChI=1S/C29H30FN5O5/c1-2-40-28(37)26(25-24-4-3-9-34(24)17-31-25)35-16-22-21(27(35)36)14-19(15-23(22)30)18-5-7-20(8-6-18)32-10-12-33(13-11-32)29(38)39/h5-8,14-15,17,26H,2-4,9-13,16H2,1H3,(H,38,39).